The Balaban J connectivity index is 1.77. The predicted octanol–water partition coefficient (Wildman–Crippen LogP) is 0.418. The number of nitrogens with zero attached hydrogens (tertiary/aromatic N) is 1. The van der Waals surface area contributed by atoms with Gasteiger partial charge in [-0.15, -0.1) is 0 Å². The van der Waals surface area contributed by atoms with E-state index in [0.717, 1.165) is 25.7 Å². The average molecular weight is 402 g/mol. The molecule has 1 atom stereocenters. The molecule has 10 heteroatoms. The van der Waals surface area contributed by atoms with Crippen molar-refractivity contribution in [3.63, 3.8) is 0 Å². The lowest BCUT2D eigenvalue weighted by Crippen LogP contribution is -2.45. The molecule has 1 aromatic rings. The molecular formula is C16H23N3O5S2. The van der Waals surface area contributed by atoms with E-state index in [1.165, 1.54) is 28.6 Å². The smallest absolute Gasteiger partial charge is 0.243 e. The Morgan fingerprint density at radius 3 is 2.19 bits per heavy atom. The van der Waals surface area contributed by atoms with Crippen LogP contribution in [0.3, 0.4) is 0 Å². The Bertz CT molecular complexity index is 860. The number of carbonyl (C=O) groups is 1. The molecule has 1 unspecified atom stereocenters. The van der Waals surface area contributed by atoms with Crippen LogP contribution in [0.4, 0.5) is 0 Å². The summed E-state index contributed by atoms with van der Waals surface area (Å²) in [5.41, 5.74) is 0. The number of sulfonamides is 2. The molecule has 1 amide bonds. The standard InChI is InChI=1S/C16H23N3O5S2/c20-16-15(5-1-2-10-17-16)18-25(21,22)13-6-8-14(9-7-13)26(23,24)19-11-3-4-12-19/h6-9,15,18H,1-5,10-12H2,(H,17,20). The summed E-state index contributed by atoms with van der Waals surface area (Å²) in [6.45, 7) is 1.52. The number of amides is 1. The van der Waals surface area contributed by atoms with Gasteiger partial charge in [-0.05, 0) is 56.4 Å². The van der Waals surface area contributed by atoms with Gasteiger partial charge in [0.1, 0.15) is 6.04 Å². The predicted molar refractivity (Wildman–Crippen MR) is 95.4 cm³/mol. The van der Waals surface area contributed by atoms with E-state index >= 15 is 0 Å². The number of nitrogens with one attached hydrogen (secondary N) is 2. The van der Waals surface area contributed by atoms with Crippen molar-refractivity contribution in [3.8, 4) is 0 Å². The molecule has 0 aromatic heterocycles. The maximum Gasteiger partial charge on any atom is 0.243 e. The molecule has 2 saturated heterocycles. The minimum Gasteiger partial charge on any atom is -0.355 e. The van der Waals surface area contributed by atoms with E-state index in [0.29, 0.717) is 26.1 Å². The van der Waals surface area contributed by atoms with Gasteiger partial charge in [-0.1, -0.05) is 0 Å². The van der Waals surface area contributed by atoms with Gasteiger partial charge in [0.25, 0.3) is 0 Å². The van der Waals surface area contributed by atoms with Crippen LogP contribution in [-0.2, 0) is 24.8 Å². The van der Waals surface area contributed by atoms with E-state index in [1.54, 1.807) is 0 Å². The van der Waals surface area contributed by atoms with Gasteiger partial charge >= 0.3 is 0 Å². The summed E-state index contributed by atoms with van der Waals surface area (Å²) in [5.74, 6) is -0.334. The second-order valence-corrected chi connectivity index (χ2v) is 10.2. The summed E-state index contributed by atoms with van der Waals surface area (Å²) in [7, 11) is -7.50. The van der Waals surface area contributed by atoms with Crippen LogP contribution in [0.5, 0.6) is 0 Å². The maximum absolute atomic E-state index is 12.5. The summed E-state index contributed by atoms with van der Waals surface area (Å²) >= 11 is 0. The second kappa shape index (κ2) is 7.63. The van der Waals surface area contributed by atoms with Crippen molar-refractivity contribution >= 4 is 26.0 Å². The summed E-state index contributed by atoms with van der Waals surface area (Å²) in [6.07, 6.45) is 3.66. The lowest BCUT2D eigenvalue weighted by molar-refractivity contribution is -0.122. The SMILES string of the molecule is O=C1NCCCCC1NS(=O)(=O)c1ccc(S(=O)(=O)N2CCCC2)cc1. The molecule has 144 valence electrons. The number of hydrogen-bond donors (Lipinski definition) is 2. The molecule has 0 spiro atoms. The minimum atomic E-state index is -3.91. The van der Waals surface area contributed by atoms with Crippen LogP contribution in [0.25, 0.3) is 0 Å². The van der Waals surface area contributed by atoms with E-state index in [4.69, 9.17) is 0 Å². The van der Waals surface area contributed by atoms with Crippen LogP contribution in [0, 0.1) is 0 Å². The highest BCUT2D eigenvalue weighted by Crippen LogP contribution is 2.22. The highest BCUT2D eigenvalue weighted by Gasteiger charge is 2.29. The van der Waals surface area contributed by atoms with Gasteiger partial charge in [0.2, 0.25) is 26.0 Å². The van der Waals surface area contributed by atoms with E-state index in [-0.39, 0.29) is 15.7 Å². The number of hydrogen-bond acceptors (Lipinski definition) is 5. The zero-order valence-corrected chi connectivity index (χ0v) is 16.0. The van der Waals surface area contributed by atoms with Crippen LogP contribution in [-0.4, -0.2) is 52.7 Å². The van der Waals surface area contributed by atoms with Crippen molar-refractivity contribution in [1.29, 1.82) is 0 Å². The largest absolute Gasteiger partial charge is 0.355 e. The molecule has 0 radical (unpaired) electrons. The topological polar surface area (TPSA) is 113 Å². The van der Waals surface area contributed by atoms with E-state index in [9.17, 15) is 21.6 Å². The van der Waals surface area contributed by atoms with Gasteiger partial charge in [0.15, 0.2) is 0 Å². The second-order valence-electron chi connectivity index (χ2n) is 6.54. The van der Waals surface area contributed by atoms with Crippen molar-refractivity contribution in [2.45, 2.75) is 47.9 Å². The molecule has 2 N–H and O–H groups in total. The fourth-order valence-electron chi connectivity index (χ4n) is 3.18. The molecule has 0 aliphatic carbocycles. The third kappa shape index (κ3) is 4.08. The van der Waals surface area contributed by atoms with E-state index in [1.807, 2.05) is 0 Å². The fourth-order valence-corrected chi connectivity index (χ4v) is 5.92. The Labute approximate surface area is 154 Å². The molecule has 2 aliphatic rings. The van der Waals surface area contributed by atoms with Crippen molar-refractivity contribution in [2.75, 3.05) is 19.6 Å². The first kappa shape index (κ1) is 19.3. The molecular weight excluding hydrogens is 378 g/mol. The quantitative estimate of drug-likeness (QED) is 0.742. The van der Waals surface area contributed by atoms with Gasteiger partial charge in [0, 0.05) is 19.6 Å². The van der Waals surface area contributed by atoms with Crippen molar-refractivity contribution in [2.24, 2.45) is 0 Å². The number of benzene rings is 1. The Kier molecular flexibility index (Phi) is 5.66. The Morgan fingerprint density at radius 1 is 0.923 bits per heavy atom. The van der Waals surface area contributed by atoms with E-state index < -0.39 is 26.1 Å². The summed E-state index contributed by atoms with van der Waals surface area (Å²) < 4.78 is 53.9. The highest BCUT2D eigenvalue weighted by atomic mass is 32.2. The van der Waals surface area contributed by atoms with Crippen LogP contribution in [0.15, 0.2) is 34.1 Å². The fraction of sp³-hybridized carbons (Fsp3) is 0.562. The summed E-state index contributed by atoms with van der Waals surface area (Å²) in [4.78, 5) is 11.9. The number of carbonyl (C=O) groups excluding carboxylic acids is 1. The first-order valence-corrected chi connectivity index (χ1v) is 11.6. The molecule has 2 fully saturated rings. The third-order valence-corrected chi connectivity index (χ3v) is 8.07. The molecule has 26 heavy (non-hydrogen) atoms. The van der Waals surface area contributed by atoms with Gasteiger partial charge in [0.05, 0.1) is 9.79 Å². The molecule has 2 heterocycles. The average Bonchev–Trinajstić information content (AvgIpc) is 3.09. The Hall–Kier alpha value is -1.49. The lowest BCUT2D eigenvalue weighted by Gasteiger charge is -2.17. The van der Waals surface area contributed by atoms with Crippen LogP contribution in [0.1, 0.15) is 32.1 Å². The lowest BCUT2D eigenvalue weighted by atomic mass is 10.1. The van der Waals surface area contributed by atoms with Crippen molar-refractivity contribution < 1.29 is 21.6 Å². The first-order valence-electron chi connectivity index (χ1n) is 8.71. The van der Waals surface area contributed by atoms with Crippen LogP contribution >= 0.6 is 0 Å². The van der Waals surface area contributed by atoms with Gasteiger partial charge in [-0.2, -0.15) is 9.03 Å². The van der Waals surface area contributed by atoms with Crippen molar-refractivity contribution in [1.82, 2.24) is 14.3 Å². The molecule has 0 saturated carbocycles. The normalized spacial score (nSPS) is 22.8. The third-order valence-electron chi connectivity index (χ3n) is 4.67. The van der Waals surface area contributed by atoms with Crippen molar-refractivity contribution in [3.05, 3.63) is 24.3 Å². The molecule has 3 rings (SSSR count). The maximum atomic E-state index is 12.5. The van der Waals surface area contributed by atoms with Gasteiger partial charge in [-0.3, -0.25) is 4.79 Å². The zero-order chi connectivity index (χ0) is 18.8. The first-order chi connectivity index (χ1) is 12.3. The minimum absolute atomic E-state index is 0.0603. The molecule has 2 aliphatic heterocycles. The van der Waals surface area contributed by atoms with Crippen LogP contribution in [0.2, 0.25) is 0 Å². The Morgan fingerprint density at radius 2 is 1.54 bits per heavy atom. The number of rotatable bonds is 5. The van der Waals surface area contributed by atoms with E-state index in [2.05, 4.69) is 10.0 Å². The van der Waals surface area contributed by atoms with Gasteiger partial charge in [-0.25, -0.2) is 16.8 Å². The zero-order valence-electron chi connectivity index (χ0n) is 14.3. The summed E-state index contributed by atoms with van der Waals surface area (Å²) in [6, 6.07) is 4.32. The van der Waals surface area contributed by atoms with Gasteiger partial charge < -0.3 is 5.32 Å². The highest BCUT2D eigenvalue weighted by molar-refractivity contribution is 7.89. The molecule has 0 bridgehead atoms. The monoisotopic (exact) mass is 401 g/mol. The summed E-state index contributed by atoms with van der Waals surface area (Å²) in [5, 5.41) is 2.68. The van der Waals surface area contributed by atoms with Crippen LogP contribution < -0.4 is 10.0 Å². The molecule has 1 aromatic carbocycles. The molecule has 8 nitrogen and oxygen atoms in total.